The molecule has 1 aromatic carbocycles. The summed E-state index contributed by atoms with van der Waals surface area (Å²) in [5.41, 5.74) is 1.14. The number of hydrogen-bond donors (Lipinski definition) is 1. The van der Waals surface area contributed by atoms with Crippen LogP contribution in [0.3, 0.4) is 0 Å². The van der Waals surface area contributed by atoms with Crippen molar-refractivity contribution in [1.82, 2.24) is 25.1 Å². The summed E-state index contributed by atoms with van der Waals surface area (Å²) in [4.78, 5) is 19.5. The van der Waals surface area contributed by atoms with Gasteiger partial charge in [-0.25, -0.2) is 23.8 Å². The third-order valence-corrected chi connectivity index (χ3v) is 4.38. The lowest BCUT2D eigenvalue weighted by Crippen LogP contribution is -2.30. The lowest BCUT2D eigenvalue weighted by Gasteiger charge is -2.09. The molecule has 28 heavy (non-hydrogen) atoms. The molecule has 0 atom stereocenters. The number of fused-ring (bicyclic) bond motifs is 1. The van der Waals surface area contributed by atoms with Crippen LogP contribution in [0.2, 0.25) is 0 Å². The van der Waals surface area contributed by atoms with Gasteiger partial charge in [-0.3, -0.25) is 0 Å². The number of alkyl halides is 3. The number of hydrogen-bond acceptors (Lipinski definition) is 6. The van der Waals surface area contributed by atoms with E-state index < -0.39 is 18.9 Å². The van der Waals surface area contributed by atoms with Crippen molar-refractivity contribution in [2.75, 3.05) is 18.9 Å². The molecule has 7 nitrogen and oxygen atoms in total. The second-order valence-corrected chi connectivity index (χ2v) is 6.50. The van der Waals surface area contributed by atoms with Gasteiger partial charge in [0, 0.05) is 12.3 Å². The van der Waals surface area contributed by atoms with E-state index in [1.165, 1.54) is 34.9 Å². The minimum atomic E-state index is -4.57. The van der Waals surface area contributed by atoms with E-state index >= 15 is 0 Å². The molecule has 0 saturated carbocycles. The summed E-state index contributed by atoms with van der Waals surface area (Å²) in [6, 6.07) is 5.74. The van der Waals surface area contributed by atoms with E-state index in [-0.39, 0.29) is 12.4 Å². The molecule has 2 aromatic heterocycles. The summed E-state index contributed by atoms with van der Waals surface area (Å²) >= 11 is 1.27. The van der Waals surface area contributed by atoms with Gasteiger partial charge in [0.15, 0.2) is 12.3 Å². The second kappa shape index (κ2) is 8.42. The monoisotopic (exact) mass is 415 g/mol. The Kier molecular flexibility index (Phi) is 5.97. The summed E-state index contributed by atoms with van der Waals surface area (Å²) in [7, 11) is 0. The van der Waals surface area contributed by atoms with E-state index in [0.29, 0.717) is 27.5 Å². The molecule has 0 bridgehead atoms. The number of nitrogens with zero attached hydrogens (tertiary/aromatic N) is 4. The largest absolute Gasteiger partial charge is 0.440 e. The van der Waals surface area contributed by atoms with Gasteiger partial charge < -0.3 is 10.1 Å². The van der Waals surface area contributed by atoms with Gasteiger partial charge in [-0.15, -0.1) is 11.8 Å². The molecule has 0 aliphatic heterocycles. The van der Waals surface area contributed by atoms with Crippen LogP contribution in [0.15, 0.2) is 41.8 Å². The van der Waals surface area contributed by atoms with Crippen LogP contribution in [-0.2, 0) is 4.74 Å². The molecule has 0 aliphatic rings. The normalized spacial score (nSPS) is 11.6. The zero-order valence-electron chi connectivity index (χ0n) is 14.1. The molecule has 2 heterocycles. The van der Waals surface area contributed by atoms with Crippen LogP contribution in [0.1, 0.15) is 0 Å². The molecule has 3 rings (SSSR count). The van der Waals surface area contributed by atoms with Crippen LogP contribution >= 0.6 is 11.8 Å². The molecule has 0 unspecified atom stereocenters. The Morgan fingerprint density at radius 2 is 1.96 bits per heavy atom. The van der Waals surface area contributed by atoms with Gasteiger partial charge in [0.25, 0.3) is 0 Å². The number of rotatable bonds is 6. The Morgan fingerprint density at radius 1 is 1.21 bits per heavy atom. The van der Waals surface area contributed by atoms with Crippen molar-refractivity contribution in [3.05, 3.63) is 42.6 Å². The molecule has 0 fully saturated rings. The molecule has 12 heteroatoms. The van der Waals surface area contributed by atoms with Crippen LogP contribution in [0.25, 0.3) is 16.7 Å². The predicted molar refractivity (Wildman–Crippen MR) is 92.7 cm³/mol. The van der Waals surface area contributed by atoms with Gasteiger partial charge in [0.1, 0.15) is 17.2 Å². The summed E-state index contributed by atoms with van der Waals surface area (Å²) < 4.78 is 54.6. The number of ether oxygens (including phenoxy) is 1. The molecule has 0 spiro atoms. The van der Waals surface area contributed by atoms with Gasteiger partial charge in [0.2, 0.25) is 0 Å². The SMILES string of the molecule is O=C(NCCSc1ncnc2c1cnn2-c1ccc(F)cc1)OCC(F)(F)F. The molecule has 1 amide bonds. The number of alkyl carbamates (subject to hydrolysis) is 1. The maximum Gasteiger partial charge on any atom is 0.422 e. The average Bonchev–Trinajstić information content (AvgIpc) is 3.08. The lowest BCUT2D eigenvalue weighted by molar-refractivity contribution is -0.160. The third-order valence-electron chi connectivity index (χ3n) is 3.38. The van der Waals surface area contributed by atoms with Crippen molar-refractivity contribution >= 4 is 28.9 Å². The molecule has 0 radical (unpaired) electrons. The maximum atomic E-state index is 13.1. The fraction of sp³-hybridized carbons (Fsp3) is 0.250. The van der Waals surface area contributed by atoms with Gasteiger partial charge in [-0.05, 0) is 24.3 Å². The van der Waals surface area contributed by atoms with Crippen molar-refractivity contribution in [1.29, 1.82) is 0 Å². The number of nitrogens with one attached hydrogen (secondary N) is 1. The van der Waals surface area contributed by atoms with Crippen molar-refractivity contribution < 1.29 is 27.1 Å². The van der Waals surface area contributed by atoms with Crippen LogP contribution in [0, 0.1) is 5.82 Å². The van der Waals surface area contributed by atoms with Crippen LogP contribution in [0.4, 0.5) is 22.4 Å². The smallest absolute Gasteiger partial charge is 0.422 e. The first-order valence-electron chi connectivity index (χ1n) is 7.88. The van der Waals surface area contributed by atoms with E-state index in [4.69, 9.17) is 0 Å². The van der Waals surface area contributed by atoms with Gasteiger partial charge in [0.05, 0.1) is 17.3 Å². The predicted octanol–water partition coefficient (Wildman–Crippen LogP) is 3.34. The zero-order valence-corrected chi connectivity index (χ0v) is 14.9. The maximum absolute atomic E-state index is 13.1. The van der Waals surface area contributed by atoms with Gasteiger partial charge in [-0.2, -0.15) is 18.3 Å². The highest BCUT2D eigenvalue weighted by atomic mass is 32.2. The van der Waals surface area contributed by atoms with Gasteiger partial charge in [-0.1, -0.05) is 0 Å². The first-order valence-corrected chi connectivity index (χ1v) is 8.87. The average molecular weight is 415 g/mol. The van der Waals surface area contributed by atoms with Crippen molar-refractivity contribution in [3.8, 4) is 5.69 Å². The minimum Gasteiger partial charge on any atom is -0.440 e. The van der Waals surface area contributed by atoms with E-state index in [1.807, 2.05) is 0 Å². The van der Waals surface area contributed by atoms with Crippen LogP contribution in [0.5, 0.6) is 0 Å². The van der Waals surface area contributed by atoms with E-state index in [0.717, 1.165) is 0 Å². The van der Waals surface area contributed by atoms with Crippen LogP contribution in [-0.4, -0.2) is 50.9 Å². The molecule has 0 aliphatic carbocycles. The number of thioether (sulfide) groups is 1. The highest BCUT2D eigenvalue weighted by molar-refractivity contribution is 7.99. The van der Waals surface area contributed by atoms with E-state index in [2.05, 4.69) is 25.1 Å². The standard InChI is InChI=1S/C16H13F4N5O2S/c17-10-1-3-11(4-2-10)25-13-12(7-24-25)14(23-9-22-13)28-6-5-21-15(26)27-8-16(18,19)20/h1-4,7,9H,5-6,8H2,(H,21,26). The highest BCUT2D eigenvalue weighted by Crippen LogP contribution is 2.25. The van der Waals surface area contributed by atoms with E-state index in [1.54, 1.807) is 18.3 Å². The Bertz CT molecular complexity index is 962. The topological polar surface area (TPSA) is 81.9 Å². The summed E-state index contributed by atoms with van der Waals surface area (Å²) in [6.07, 6.45) is -2.80. The van der Waals surface area contributed by atoms with Gasteiger partial charge >= 0.3 is 12.3 Å². The Morgan fingerprint density at radius 3 is 2.68 bits per heavy atom. The Labute approximate surface area is 160 Å². The lowest BCUT2D eigenvalue weighted by atomic mass is 10.3. The van der Waals surface area contributed by atoms with Crippen molar-refractivity contribution in [3.63, 3.8) is 0 Å². The summed E-state index contributed by atoms with van der Waals surface area (Å²) in [5.74, 6) is -0.0260. The Balaban J connectivity index is 1.60. The zero-order chi connectivity index (χ0) is 20.1. The molecule has 3 aromatic rings. The molecule has 148 valence electrons. The number of carbonyl (C=O) groups is 1. The molecule has 1 N–H and O–H groups in total. The Hall–Kier alpha value is -2.89. The first kappa shape index (κ1) is 19.9. The summed E-state index contributed by atoms with van der Waals surface area (Å²) in [6.45, 7) is -1.56. The number of amides is 1. The summed E-state index contributed by atoms with van der Waals surface area (Å²) in [5, 5.41) is 7.71. The number of benzene rings is 1. The van der Waals surface area contributed by atoms with Crippen molar-refractivity contribution in [2.45, 2.75) is 11.2 Å². The van der Waals surface area contributed by atoms with E-state index in [9.17, 15) is 22.4 Å². The first-order chi connectivity index (χ1) is 13.3. The number of carbonyl (C=O) groups excluding carboxylic acids is 1. The quantitative estimate of drug-likeness (QED) is 0.288. The highest BCUT2D eigenvalue weighted by Gasteiger charge is 2.29. The molecular weight excluding hydrogens is 402 g/mol. The molecular formula is C16H13F4N5O2S. The second-order valence-electron chi connectivity index (χ2n) is 5.42. The number of halogens is 4. The third kappa shape index (κ3) is 5.09. The fourth-order valence-electron chi connectivity index (χ4n) is 2.21. The van der Waals surface area contributed by atoms with Crippen molar-refractivity contribution in [2.24, 2.45) is 0 Å². The van der Waals surface area contributed by atoms with Crippen LogP contribution < -0.4 is 5.32 Å². The number of aromatic nitrogens is 4. The minimum absolute atomic E-state index is 0.0823. The molecule has 0 saturated heterocycles. The fourth-order valence-corrected chi connectivity index (χ4v) is 3.03.